The molecule has 4 rings (SSSR count). The molecule has 55 heavy (non-hydrogen) atoms. The van der Waals surface area contributed by atoms with Gasteiger partial charge < -0.3 is 37.9 Å². The van der Waals surface area contributed by atoms with E-state index in [4.69, 9.17) is 39.3 Å². The molecule has 3 aromatic carbocycles. The average molecular weight is 781 g/mol. The third-order valence-corrected chi connectivity index (χ3v) is 11.3. The van der Waals surface area contributed by atoms with Crippen molar-refractivity contribution in [3.63, 3.8) is 0 Å². The van der Waals surface area contributed by atoms with E-state index in [0.29, 0.717) is 66.9 Å². The Morgan fingerprint density at radius 1 is 0.927 bits per heavy atom. The Morgan fingerprint density at radius 3 is 2.31 bits per heavy atom. The van der Waals surface area contributed by atoms with Crippen LogP contribution < -0.4 is 14.2 Å². The molecule has 3 aromatic rings. The minimum absolute atomic E-state index is 0.0682. The molecule has 10 nitrogen and oxygen atoms in total. The molecule has 0 saturated carbocycles. The third-order valence-electron chi connectivity index (χ3n) is 9.61. The van der Waals surface area contributed by atoms with Gasteiger partial charge in [0.2, 0.25) is 0 Å². The summed E-state index contributed by atoms with van der Waals surface area (Å²) in [6.07, 6.45) is 0.996. The number of benzene rings is 3. The van der Waals surface area contributed by atoms with Gasteiger partial charge in [-0.15, -0.1) is 0 Å². The SMILES string of the molecule is [3H][C@@H](C)[C@H](C)CC[C@H](OC(=O)c1ccccc1)[C@H]1OC(C)(C)O[C@H]1CCCc1cc(OCc2ccc(OC)cc2)cc(OCOC)c1C(=O)OCC[Si](C)(C)C. The Kier molecular flexibility index (Phi) is 16.0. The molecule has 0 aromatic heterocycles. The lowest BCUT2D eigenvalue weighted by atomic mass is 9.93. The number of methoxy groups -OCH3 is 2. The molecule has 0 unspecified atom stereocenters. The molecule has 302 valence electrons. The van der Waals surface area contributed by atoms with Gasteiger partial charge in [-0.3, -0.25) is 0 Å². The van der Waals surface area contributed by atoms with Crippen molar-refractivity contribution in [2.24, 2.45) is 5.92 Å². The summed E-state index contributed by atoms with van der Waals surface area (Å²) in [5, 5.41) is 0. The molecule has 0 N–H and O–H groups in total. The molecule has 11 heteroatoms. The van der Waals surface area contributed by atoms with E-state index >= 15 is 0 Å². The fraction of sp³-hybridized carbons (Fsp3) is 0.545. The van der Waals surface area contributed by atoms with Crippen LogP contribution in [0.5, 0.6) is 17.2 Å². The predicted octanol–water partition coefficient (Wildman–Crippen LogP) is 9.65. The number of rotatable bonds is 22. The van der Waals surface area contributed by atoms with Crippen molar-refractivity contribution in [1.82, 2.24) is 0 Å². The van der Waals surface area contributed by atoms with Crippen molar-refractivity contribution < 1.29 is 48.9 Å². The molecule has 1 heterocycles. The van der Waals surface area contributed by atoms with Crippen LogP contribution in [0.2, 0.25) is 25.7 Å². The highest BCUT2D eigenvalue weighted by atomic mass is 28.3. The molecule has 5 atom stereocenters. The van der Waals surface area contributed by atoms with Crippen molar-refractivity contribution in [2.45, 2.75) is 123 Å². The number of ether oxygens (including phenoxy) is 8. The Morgan fingerprint density at radius 2 is 1.65 bits per heavy atom. The van der Waals surface area contributed by atoms with Crippen molar-refractivity contribution in [1.29, 1.82) is 0 Å². The van der Waals surface area contributed by atoms with Crippen molar-refractivity contribution in [2.75, 3.05) is 27.6 Å². The molecule has 1 saturated heterocycles. The second-order valence-electron chi connectivity index (χ2n) is 15.8. The first-order valence-corrected chi connectivity index (χ1v) is 23.0. The van der Waals surface area contributed by atoms with Gasteiger partial charge in [-0.05, 0) is 99.4 Å². The maximum absolute atomic E-state index is 13.8. The molecule has 0 amide bonds. The summed E-state index contributed by atoms with van der Waals surface area (Å²) >= 11 is 0. The van der Waals surface area contributed by atoms with Gasteiger partial charge in [-0.1, -0.05) is 70.2 Å². The summed E-state index contributed by atoms with van der Waals surface area (Å²) in [4.78, 5) is 27.2. The van der Waals surface area contributed by atoms with Gasteiger partial charge in [-0.25, -0.2) is 9.59 Å². The van der Waals surface area contributed by atoms with E-state index in [2.05, 4.69) is 19.6 Å². The van der Waals surface area contributed by atoms with Gasteiger partial charge in [0.25, 0.3) is 0 Å². The van der Waals surface area contributed by atoms with E-state index in [1.807, 2.05) is 64.1 Å². The summed E-state index contributed by atoms with van der Waals surface area (Å²) in [5.74, 6) is -0.105. The lowest BCUT2D eigenvalue weighted by Crippen LogP contribution is -2.39. The van der Waals surface area contributed by atoms with Gasteiger partial charge >= 0.3 is 11.9 Å². The molecule has 1 aliphatic heterocycles. The van der Waals surface area contributed by atoms with Crippen LogP contribution in [0.4, 0.5) is 0 Å². The smallest absolute Gasteiger partial charge is 0.342 e. The molecule has 1 fully saturated rings. The van der Waals surface area contributed by atoms with E-state index in [9.17, 15) is 9.59 Å². The van der Waals surface area contributed by atoms with Gasteiger partial charge in [0.05, 0.1) is 25.4 Å². The van der Waals surface area contributed by atoms with Crippen LogP contribution in [0.15, 0.2) is 66.7 Å². The van der Waals surface area contributed by atoms with Gasteiger partial charge in [0.15, 0.2) is 12.6 Å². The average Bonchev–Trinajstić information content (AvgIpc) is 3.47. The van der Waals surface area contributed by atoms with E-state index in [1.54, 1.807) is 37.4 Å². The first-order valence-electron chi connectivity index (χ1n) is 19.9. The number of hydrogen-bond donors (Lipinski definition) is 0. The highest BCUT2D eigenvalue weighted by molar-refractivity contribution is 6.76. The zero-order valence-electron chi connectivity index (χ0n) is 35.2. The summed E-state index contributed by atoms with van der Waals surface area (Å²) in [6.45, 7) is 14.9. The third kappa shape index (κ3) is 14.0. The maximum atomic E-state index is 13.8. The zero-order valence-corrected chi connectivity index (χ0v) is 35.2. The Hall–Kier alpha value is -3.90. The van der Waals surface area contributed by atoms with Crippen molar-refractivity contribution in [3.8, 4) is 17.2 Å². The molecular weight excluding hydrogens is 717 g/mol. The largest absolute Gasteiger partial charge is 0.497 e. The van der Waals surface area contributed by atoms with Gasteiger partial charge in [-0.2, -0.15) is 0 Å². The van der Waals surface area contributed by atoms with Crippen molar-refractivity contribution >= 4 is 20.0 Å². The summed E-state index contributed by atoms with van der Waals surface area (Å²) in [6, 6.07) is 21.0. The Bertz CT molecular complexity index is 1680. The maximum Gasteiger partial charge on any atom is 0.342 e. The number of carbonyl (C=O) groups is 2. The van der Waals surface area contributed by atoms with Crippen LogP contribution in [0.25, 0.3) is 0 Å². The standard InChI is InChI=1S/C44H62O10Si/c1-10-31(2)19-24-37(52-42(45)33-15-12-11-13-16-33)41-38(53-44(3,4)54-41)18-14-17-34-27-36(50-29-32-20-22-35(48-6)23-21-32)28-39(51-30-47-5)40(34)43(46)49-25-26-55(7,8)9/h11-13,15-16,20-23,27-28,31,37-38,41H,10,14,17-19,24-26,29-30H2,1-9H3/t31-,37-,38-,41+/m0/s1/i10T/t10-,31-,37-,38-,41+. The van der Waals surface area contributed by atoms with Crippen LogP contribution in [-0.4, -0.2) is 71.7 Å². The molecule has 0 spiro atoms. The molecule has 1 aliphatic rings. The number of carbonyl (C=O) groups excluding carboxylic acids is 2. The van der Waals surface area contributed by atoms with Crippen LogP contribution in [0.3, 0.4) is 0 Å². The molecular formula is C44H62O10Si. The fourth-order valence-electron chi connectivity index (χ4n) is 6.36. The topological polar surface area (TPSA) is 108 Å². The summed E-state index contributed by atoms with van der Waals surface area (Å²) in [7, 11) is 1.68. The molecule has 0 aliphatic carbocycles. The first-order chi connectivity index (χ1) is 26.6. The minimum Gasteiger partial charge on any atom is -0.497 e. The second kappa shape index (κ2) is 20.9. The van der Waals surface area contributed by atoms with E-state index in [-0.39, 0.29) is 25.7 Å². The quantitative estimate of drug-likeness (QED) is 0.0556. The minimum atomic E-state index is -1.47. The zero-order chi connectivity index (χ0) is 40.9. The van der Waals surface area contributed by atoms with E-state index < -0.39 is 44.1 Å². The Balaban J connectivity index is 1.60. The predicted molar refractivity (Wildman–Crippen MR) is 216 cm³/mol. The van der Waals surface area contributed by atoms with E-state index in [1.165, 1.54) is 7.11 Å². The summed E-state index contributed by atoms with van der Waals surface area (Å²) < 4.78 is 56.0. The number of hydrogen-bond acceptors (Lipinski definition) is 10. The van der Waals surface area contributed by atoms with Crippen LogP contribution in [0, 0.1) is 5.92 Å². The number of esters is 2. The number of aryl methyl sites for hydroxylation is 1. The van der Waals surface area contributed by atoms with Crippen LogP contribution >= 0.6 is 0 Å². The van der Waals surface area contributed by atoms with Gasteiger partial charge in [0, 0.05) is 22.6 Å². The molecule has 0 bridgehead atoms. The van der Waals surface area contributed by atoms with Crippen LogP contribution in [0.1, 0.15) is 93.0 Å². The lowest BCUT2D eigenvalue weighted by Gasteiger charge is -2.28. The van der Waals surface area contributed by atoms with Gasteiger partial charge in [0.1, 0.15) is 41.6 Å². The van der Waals surface area contributed by atoms with Crippen LogP contribution in [-0.2, 0) is 36.7 Å². The fourth-order valence-corrected chi connectivity index (χ4v) is 7.08. The van der Waals surface area contributed by atoms with Crippen molar-refractivity contribution in [3.05, 3.63) is 89.0 Å². The summed E-state index contributed by atoms with van der Waals surface area (Å²) in [5.41, 5.74) is 2.45. The lowest BCUT2D eigenvalue weighted by molar-refractivity contribution is -0.156. The van der Waals surface area contributed by atoms with E-state index in [0.717, 1.165) is 17.4 Å². The molecule has 0 radical (unpaired) electrons. The highest BCUT2D eigenvalue weighted by Gasteiger charge is 2.46. The first kappa shape index (κ1) is 42.2. The highest BCUT2D eigenvalue weighted by Crippen LogP contribution is 2.37. The Labute approximate surface area is 330 Å². The normalized spacial score (nSPS) is 18.5. The monoisotopic (exact) mass is 780 g/mol. The second-order valence-corrected chi connectivity index (χ2v) is 21.4.